The van der Waals surface area contributed by atoms with Crippen molar-refractivity contribution in [3.05, 3.63) is 29.8 Å². The normalized spacial score (nSPS) is 21.5. The molecule has 1 unspecified atom stereocenters. The minimum Gasteiger partial charge on any atom is -0.299 e. The maximum atomic E-state index is 12.8. The Morgan fingerprint density at radius 3 is 3.00 bits per heavy atom. The summed E-state index contributed by atoms with van der Waals surface area (Å²) in [6, 6.07) is 1.46. The summed E-state index contributed by atoms with van der Waals surface area (Å²) in [6.07, 6.45) is 6.06. The Morgan fingerprint density at radius 2 is 2.36 bits per heavy atom. The van der Waals surface area contributed by atoms with Gasteiger partial charge in [-0.1, -0.05) is 0 Å². The van der Waals surface area contributed by atoms with Crippen LogP contribution in [0.5, 0.6) is 0 Å². The van der Waals surface area contributed by atoms with Gasteiger partial charge in [0, 0.05) is 18.5 Å². The molecule has 0 radical (unpaired) electrons. The second-order valence-electron chi connectivity index (χ2n) is 3.77. The predicted molar refractivity (Wildman–Crippen MR) is 50.2 cm³/mol. The smallest absolute Gasteiger partial charge is 0.141 e. The summed E-state index contributed by atoms with van der Waals surface area (Å²) in [7, 11) is 0. The monoisotopic (exact) mass is 193 g/mol. The van der Waals surface area contributed by atoms with E-state index in [0.29, 0.717) is 18.6 Å². The number of Topliss-reactive ketones (excluding diaryl/α,β-unsaturated/α-hetero) is 1. The van der Waals surface area contributed by atoms with Crippen LogP contribution in [0.2, 0.25) is 0 Å². The largest absolute Gasteiger partial charge is 0.299 e. The maximum absolute atomic E-state index is 12.8. The zero-order valence-electron chi connectivity index (χ0n) is 7.87. The summed E-state index contributed by atoms with van der Waals surface area (Å²) < 4.78 is 12.8. The second-order valence-corrected chi connectivity index (χ2v) is 3.77. The molecule has 14 heavy (non-hydrogen) atoms. The standard InChI is InChI=1S/C11H12FNO/c12-10-5-8(6-13-7-10)4-9-2-1-3-11(9)14/h5-7,9H,1-4H2. The minimum absolute atomic E-state index is 0.0959. The Balaban J connectivity index is 2.07. The Bertz CT molecular complexity index is 351. The van der Waals surface area contributed by atoms with E-state index >= 15 is 0 Å². The van der Waals surface area contributed by atoms with Crippen molar-refractivity contribution in [2.75, 3.05) is 0 Å². The number of carbonyl (C=O) groups is 1. The van der Waals surface area contributed by atoms with Crippen LogP contribution in [0.4, 0.5) is 4.39 Å². The van der Waals surface area contributed by atoms with E-state index in [4.69, 9.17) is 0 Å². The molecule has 1 aromatic rings. The summed E-state index contributed by atoms with van der Waals surface area (Å²) in [5.74, 6) is 0.0841. The van der Waals surface area contributed by atoms with Crippen LogP contribution in [0.25, 0.3) is 0 Å². The average Bonchev–Trinajstić information content (AvgIpc) is 2.52. The van der Waals surface area contributed by atoms with Gasteiger partial charge < -0.3 is 0 Å². The molecule has 1 atom stereocenters. The molecule has 0 saturated heterocycles. The number of hydrogen-bond acceptors (Lipinski definition) is 2. The van der Waals surface area contributed by atoms with Crippen molar-refractivity contribution in [2.24, 2.45) is 5.92 Å². The SMILES string of the molecule is O=C1CCCC1Cc1cncc(F)c1. The molecular formula is C11H12FNO. The highest BCUT2D eigenvalue weighted by molar-refractivity contribution is 5.83. The summed E-state index contributed by atoms with van der Waals surface area (Å²) in [5, 5.41) is 0. The quantitative estimate of drug-likeness (QED) is 0.720. The summed E-state index contributed by atoms with van der Waals surface area (Å²) in [6.45, 7) is 0. The topological polar surface area (TPSA) is 30.0 Å². The van der Waals surface area contributed by atoms with Crippen LogP contribution in [-0.4, -0.2) is 10.8 Å². The molecule has 1 heterocycles. The lowest BCUT2D eigenvalue weighted by Gasteiger charge is -2.06. The first-order chi connectivity index (χ1) is 6.75. The molecule has 1 fully saturated rings. The molecule has 3 heteroatoms. The first-order valence-electron chi connectivity index (χ1n) is 4.88. The third kappa shape index (κ3) is 1.97. The van der Waals surface area contributed by atoms with Crippen LogP contribution >= 0.6 is 0 Å². The lowest BCUT2D eigenvalue weighted by Crippen LogP contribution is -2.09. The minimum atomic E-state index is -0.326. The predicted octanol–water partition coefficient (Wildman–Crippen LogP) is 2.13. The van der Waals surface area contributed by atoms with Gasteiger partial charge in [-0.2, -0.15) is 0 Å². The molecule has 0 bridgehead atoms. The summed E-state index contributed by atoms with van der Waals surface area (Å²) in [4.78, 5) is 15.1. The van der Waals surface area contributed by atoms with Crippen molar-refractivity contribution in [3.8, 4) is 0 Å². The van der Waals surface area contributed by atoms with Gasteiger partial charge >= 0.3 is 0 Å². The molecule has 0 amide bonds. The van der Waals surface area contributed by atoms with Gasteiger partial charge in [0.25, 0.3) is 0 Å². The van der Waals surface area contributed by atoms with Gasteiger partial charge in [-0.3, -0.25) is 9.78 Å². The van der Waals surface area contributed by atoms with E-state index in [0.717, 1.165) is 18.4 Å². The molecule has 0 aliphatic heterocycles. The van der Waals surface area contributed by atoms with E-state index in [-0.39, 0.29) is 11.7 Å². The molecule has 1 aliphatic carbocycles. The van der Waals surface area contributed by atoms with E-state index in [1.165, 1.54) is 12.3 Å². The highest BCUT2D eigenvalue weighted by Crippen LogP contribution is 2.24. The van der Waals surface area contributed by atoms with E-state index in [1.807, 2.05) is 0 Å². The number of nitrogens with zero attached hydrogens (tertiary/aromatic N) is 1. The van der Waals surface area contributed by atoms with Gasteiger partial charge in [-0.15, -0.1) is 0 Å². The van der Waals surface area contributed by atoms with Crippen molar-refractivity contribution < 1.29 is 9.18 Å². The number of ketones is 1. The van der Waals surface area contributed by atoms with Crippen LogP contribution in [0.3, 0.4) is 0 Å². The molecule has 0 N–H and O–H groups in total. The van der Waals surface area contributed by atoms with Crippen molar-refractivity contribution >= 4 is 5.78 Å². The number of hydrogen-bond donors (Lipinski definition) is 0. The first kappa shape index (κ1) is 9.31. The van der Waals surface area contributed by atoms with Crippen LogP contribution < -0.4 is 0 Å². The number of halogens is 1. The fourth-order valence-corrected chi connectivity index (χ4v) is 1.96. The zero-order valence-corrected chi connectivity index (χ0v) is 7.87. The van der Waals surface area contributed by atoms with Gasteiger partial charge in [-0.25, -0.2) is 4.39 Å². The molecule has 1 aliphatic rings. The van der Waals surface area contributed by atoms with Crippen molar-refractivity contribution in [3.63, 3.8) is 0 Å². The van der Waals surface area contributed by atoms with Crippen LogP contribution in [0, 0.1) is 11.7 Å². The Morgan fingerprint density at radius 1 is 1.50 bits per heavy atom. The third-order valence-electron chi connectivity index (χ3n) is 2.67. The molecule has 74 valence electrons. The van der Waals surface area contributed by atoms with Crippen LogP contribution in [-0.2, 0) is 11.2 Å². The van der Waals surface area contributed by atoms with Gasteiger partial charge in [0.15, 0.2) is 0 Å². The Kier molecular flexibility index (Phi) is 2.57. The molecule has 1 saturated carbocycles. The van der Waals surface area contributed by atoms with Gasteiger partial charge in [0.1, 0.15) is 11.6 Å². The third-order valence-corrected chi connectivity index (χ3v) is 2.67. The van der Waals surface area contributed by atoms with E-state index in [9.17, 15) is 9.18 Å². The molecule has 1 aromatic heterocycles. The van der Waals surface area contributed by atoms with Gasteiger partial charge in [0.2, 0.25) is 0 Å². The fraction of sp³-hybridized carbons (Fsp3) is 0.455. The fourth-order valence-electron chi connectivity index (χ4n) is 1.96. The molecular weight excluding hydrogens is 181 g/mol. The maximum Gasteiger partial charge on any atom is 0.141 e. The first-order valence-corrected chi connectivity index (χ1v) is 4.88. The summed E-state index contributed by atoms with van der Waals surface area (Å²) >= 11 is 0. The second kappa shape index (κ2) is 3.86. The zero-order chi connectivity index (χ0) is 9.97. The highest BCUT2D eigenvalue weighted by atomic mass is 19.1. The van der Waals surface area contributed by atoms with Crippen molar-refractivity contribution in [2.45, 2.75) is 25.7 Å². The van der Waals surface area contributed by atoms with E-state index in [2.05, 4.69) is 4.98 Å². The highest BCUT2D eigenvalue weighted by Gasteiger charge is 2.24. The average molecular weight is 193 g/mol. The number of rotatable bonds is 2. The van der Waals surface area contributed by atoms with Gasteiger partial charge in [0.05, 0.1) is 6.20 Å². The lowest BCUT2D eigenvalue weighted by atomic mass is 9.98. The molecule has 0 aromatic carbocycles. The number of carbonyl (C=O) groups excluding carboxylic acids is 1. The molecule has 2 rings (SSSR count). The Hall–Kier alpha value is -1.25. The van der Waals surface area contributed by atoms with Crippen LogP contribution in [0.1, 0.15) is 24.8 Å². The molecule has 0 spiro atoms. The van der Waals surface area contributed by atoms with Crippen LogP contribution in [0.15, 0.2) is 18.5 Å². The lowest BCUT2D eigenvalue weighted by molar-refractivity contribution is -0.120. The van der Waals surface area contributed by atoms with Gasteiger partial charge in [-0.05, 0) is 30.9 Å². The van der Waals surface area contributed by atoms with Crippen molar-refractivity contribution in [1.82, 2.24) is 4.98 Å². The van der Waals surface area contributed by atoms with E-state index < -0.39 is 0 Å². The molecule has 2 nitrogen and oxygen atoms in total. The number of aromatic nitrogens is 1. The summed E-state index contributed by atoms with van der Waals surface area (Å²) in [5.41, 5.74) is 0.824. The van der Waals surface area contributed by atoms with E-state index in [1.54, 1.807) is 6.20 Å². The Labute approximate surface area is 82.2 Å². The van der Waals surface area contributed by atoms with Crippen molar-refractivity contribution in [1.29, 1.82) is 0 Å². The number of pyridine rings is 1.